The first-order valence-corrected chi connectivity index (χ1v) is 6.60. The van der Waals surface area contributed by atoms with Crippen molar-refractivity contribution < 1.29 is 8.91 Å². The Morgan fingerprint density at radius 1 is 1.10 bits per heavy atom. The summed E-state index contributed by atoms with van der Waals surface area (Å²) >= 11 is 0. The van der Waals surface area contributed by atoms with Gasteiger partial charge in [0.05, 0.1) is 0 Å². The lowest BCUT2D eigenvalue weighted by molar-refractivity contribution is 0.363. The van der Waals surface area contributed by atoms with Gasteiger partial charge in [0.1, 0.15) is 11.9 Å². The lowest BCUT2D eigenvalue weighted by Crippen LogP contribution is -2.12. The van der Waals surface area contributed by atoms with Crippen molar-refractivity contribution in [2.24, 2.45) is 5.73 Å². The molecule has 1 aromatic heterocycles. The van der Waals surface area contributed by atoms with E-state index >= 15 is 0 Å². The zero-order valence-electron chi connectivity index (χ0n) is 11.2. The molecule has 0 saturated heterocycles. The number of rotatable bonds is 4. The van der Waals surface area contributed by atoms with Crippen molar-refractivity contribution >= 4 is 0 Å². The van der Waals surface area contributed by atoms with E-state index in [2.05, 4.69) is 10.1 Å². The maximum Gasteiger partial charge on any atom is 0.248 e. The van der Waals surface area contributed by atoms with E-state index in [1.54, 1.807) is 6.07 Å². The van der Waals surface area contributed by atoms with Gasteiger partial charge in [-0.2, -0.15) is 4.98 Å². The molecule has 1 unspecified atom stereocenters. The molecule has 0 radical (unpaired) electrons. The predicted octanol–water partition coefficient (Wildman–Crippen LogP) is 2.85. The smallest absolute Gasteiger partial charge is 0.248 e. The third-order valence-corrected chi connectivity index (χ3v) is 3.16. The lowest BCUT2D eigenvalue weighted by atomic mass is 10.1. The summed E-state index contributed by atoms with van der Waals surface area (Å²) < 4.78 is 18.3. The molecule has 21 heavy (non-hydrogen) atoms. The van der Waals surface area contributed by atoms with Crippen LogP contribution in [0.25, 0.3) is 0 Å². The minimum absolute atomic E-state index is 0.280. The van der Waals surface area contributed by atoms with Crippen LogP contribution in [-0.2, 0) is 6.42 Å². The summed E-state index contributed by atoms with van der Waals surface area (Å²) in [5.41, 5.74) is 7.78. The zero-order valence-corrected chi connectivity index (χ0v) is 11.2. The van der Waals surface area contributed by atoms with E-state index in [-0.39, 0.29) is 5.82 Å². The summed E-state index contributed by atoms with van der Waals surface area (Å²) in [6.07, 6.45) is 0.406. The van der Waals surface area contributed by atoms with E-state index in [0.29, 0.717) is 18.1 Å². The second-order valence-electron chi connectivity index (χ2n) is 4.74. The number of hydrogen-bond donors (Lipinski definition) is 1. The topological polar surface area (TPSA) is 64.9 Å². The molecule has 0 amide bonds. The summed E-state index contributed by atoms with van der Waals surface area (Å²) in [4.78, 5) is 4.29. The molecule has 3 rings (SSSR count). The Balaban J connectivity index is 1.77. The molecule has 106 valence electrons. The fraction of sp³-hybridized carbons (Fsp3) is 0.125. The normalized spacial score (nSPS) is 12.3. The van der Waals surface area contributed by atoms with Gasteiger partial charge in [0, 0.05) is 6.42 Å². The first-order valence-electron chi connectivity index (χ1n) is 6.60. The average molecular weight is 283 g/mol. The highest BCUT2D eigenvalue weighted by Gasteiger charge is 2.16. The van der Waals surface area contributed by atoms with Gasteiger partial charge in [0.15, 0.2) is 5.82 Å². The molecule has 5 heteroatoms. The molecule has 3 aromatic rings. The number of hydrogen-bond acceptors (Lipinski definition) is 4. The van der Waals surface area contributed by atoms with Crippen molar-refractivity contribution in [1.82, 2.24) is 10.1 Å². The van der Waals surface area contributed by atoms with E-state index in [4.69, 9.17) is 10.3 Å². The zero-order chi connectivity index (χ0) is 14.7. The number of benzene rings is 2. The van der Waals surface area contributed by atoms with Crippen molar-refractivity contribution in [3.05, 3.63) is 83.3 Å². The van der Waals surface area contributed by atoms with Crippen LogP contribution in [-0.4, -0.2) is 10.1 Å². The van der Waals surface area contributed by atoms with Crippen molar-refractivity contribution in [1.29, 1.82) is 0 Å². The molecule has 0 bridgehead atoms. The quantitative estimate of drug-likeness (QED) is 0.799. The van der Waals surface area contributed by atoms with Crippen LogP contribution in [0.2, 0.25) is 0 Å². The Morgan fingerprint density at radius 3 is 2.67 bits per heavy atom. The van der Waals surface area contributed by atoms with Gasteiger partial charge in [-0.3, -0.25) is 0 Å². The average Bonchev–Trinajstić information content (AvgIpc) is 2.96. The number of halogens is 1. The van der Waals surface area contributed by atoms with Gasteiger partial charge in [0.2, 0.25) is 5.89 Å². The lowest BCUT2D eigenvalue weighted by Gasteiger charge is -2.05. The van der Waals surface area contributed by atoms with Crippen molar-refractivity contribution in [3.8, 4) is 0 Å². The summed E-state index contributed by atoms with van der Waals surface area (Å²) in [5.74, 6) is 0.562. The summed E-state index contributed by atoms with van der Waals surface area (Å²) in [6.45, 7) is 0. The standard InChI is InChI=1S/C16H14FN3O/c17-13-8-4-5-11(9-13)10-14-19-16(21-20-14)15(18)12-6-2-1-3-7-12/h1-9,15H,10,18H2. The second kappa shape index (κ2) is 5.85. The van der Waals surface area contributed by atoms with Gasteiger partial charge >= 0.3 is 0 Å². The first kappa shape index (κ1) is 13.5. The molecule has 1 atom stereocenters. The Hall–Kier alpha value is -2.53. The minimum atomic E-state index is -0.458. The van der Waals surface area contributed by atoms with Crippen LogP contribution in [0, 0.1) is 5.82 Å². The molecule has 0 saturated carbocycles. The Kier molecular flexibility index (Phi) is 3.75. The fourth-order valence-corrected chi connectivity index (χ4v) is 2.10. The number of nitrogens with zero attached hydrogens (tertiary/aromatic N) is 2. The molecular weight excluding hydrogens is 269 g/mol. The number of nitrogens with two attached hydrogens (primary N) is 1. The summed E-state index contributed by atoms with van der Waals surface area (Å²) in [6, 6.07) is 15.4. The SMILES string of the molecule is NC(c1ccccc1)c1nc(Cc2cccc(F)c2)no1. The van der Waals surface area contributed by atoms with Gasteiger partial charge in [-0.25, -0.2) is 4.39 Å². The first-order chi connectivity index (χ1) is 10.2. The van der Waals surface area contributed by atoms with Crippen LogP contribution in [0.15, 0.2) is 59.1 Å². The van der Waals surface area contributed by atoms with Crippen LogP contribution in [0.4, 0.5) is 4.39 Å². The van der Waals surface area contributed by atoms with Gasteiger partial charge in [-0.1, -0.05) is 47.6 Å². The second-order valence-corrected chi connectivity index (χ2v) is 4.74. The molecule has 0 spiro atoms. The molecule has 0 fully saturated rings. The molecule has 0 aliphatic heterocycles. The molecule has 0 aliphatic rings. The fourth-order valence-electron chi connectivity index (χ4n) is 2.10. The summed E-state index contributed by atoms with van der Waals surface area (Å²) in [7, 11) is 0. The van der Waals surface area contributed by atoms with E-state index < -0.39 is 6.04 Å². The number of aromatic nitrogens is 2. The van der Waals surface area contributed by atoms with Crippen LogP contribution in [0.3, 0.4) is 0 Å². The highest BCUT2D eigenvalue weighted by molar-refractivity contribution is 5.24. The van der Waals surface area contributed by atoms with Crippen LogP contribution < -0.4 is 5.73 Å². The van der Waals surface area contributed by atoms with Gasteiger partial charge in [-0.05, 0) is 23.3 Å². The highest BCUT2D eigenvalue weighted by atomic mass is 19.1. The highest BCUT2D eigenvalue weighted by Crippen LogP contribution is 2.18. The maximum atomic E-state index is 13.1. The third kappa shape index (κ3) is 3.14. The van der Waals surface area contributed by atoms with Crippen LogP contribution >= 0.6 is 0 Å². The monoisotopic (exact) mass is 283 g/mol. The molecular formula is C16H14FN3O. The van der Waals surface area contributed by atoms with Crippen LogP contribution in [0.5, 0.6) is 0 Å². The molecule has 2 aromatic carbocycles. The third-order valence-electron chi connectivity index (χ3n) is 3.16. The Labute approximate surface area is 121 Å². The van der Waals surface area contributed by atoms with E-state index in [9.17, 15) is 4.39 Å². The van der Waals surface area contributed by atoms with Crippen molar-refractivity contribution in [2.45, 2.75) is 12.5 Å². The van der Waals surface area contributed by atoms with Crippen molar-refractivity contribution in [2.75, 3.05) is 0 Å². The summed E-state index contributed by atoms with van der Waals surface area (Å²) in [5, 5.41) is 3.90. The molecule has 2 N–H and O–H groups in total. The Bertz CT molecular complexity index is 727. The molecule has 1 heterocycles. The maximum absolute atomic E-state index is 13.1. The van der Waals surface area contributed by atoms with E-state index in [1.165, 1.54) is 12.1 Å². The van der Waals surface area contributed by atoms with Crippen LogP contribution in [0.1, 0.15) is 28.9 Å². The predicted molar refractivity (Wildman–Crippen MR) is 76.0 cm³/mol. The van der Waals surface area contributed by atoms with Gasteiger partial charge in [-0.15, -0.1) is 0 Å². The molecule has 0 aliphatic carbocycles. The van der Waals surface area contributed by atoms with Gasteiger partial charge < -0.3 is 10.3 Å². The largest absolute Gasteiger partial charge is 0.337 e. The van der Waals surface area contributed by atoms with E-state index in [0.717, 1.165) is 11.1 Å². The van der Waals surface area contributed by atoms with Crippen molar-refractivity contribution in [3.63, 3.8) is 0 Å². The van der Waals surface area contributed by atoms with Gasteiger partial charge in [0.25, 0.3) is 0 Å². The van der Waals surface area contributed by atoms with E-state index in [1.807, 2.05) is 36.4 Å². The Morgan fingerprint density at radius 2 is 1.90 bits per heavy atom. The minimum Gasteiger partial charge on any atom is -0.337 e. The molecule has 4 nitrogen and oxygen atoms in total.